The zero-order chi connectivity index (χ0) is 20.8. The van der Waals surface area contributed by atoms with E-state index in [1.807, 2.05) is 0 Å². The van der Waals surface area contributed by atoms with E-state index in [4.69, 9.17) is 0 Å². The lowest BCUT2D eigenvalue weighted by Gasteiger charge is -2.16. The van der Waals surface area contributed by atoms with Crippen molar-refractivity contribution in [2.45, 2.75) is 30.9 Å². The first-order chi connectivity index (χ1) is 13.8. The zero-order valence-electron chi connectivity index (χ0n) is 15.7. The standard InChI is InChI=1S/C21H21F2N3O3/c1-24-20(29)16-8-12(7-15(25-16)18(27)11-5-3-2-4-6-11)19(28)26-17-13-9-21(22,23)10-14(13)17/h2-8,13-14,17-18,27H,9-10H2,1H3,(H,24,29)(H,26,28)/t13-,14+,17?,18?. The van der Waals surface area contributed by atoms with Crippen molar-refractivity contribution in [3.63, 3.8) is 0 Å². The molecule has 2 amide bonds. The largest absolute Gasteiger partial charge is 0.382 e. The Hall–Kier alpha value is -2.87. The van der Waals surface area contributed by atoms with Gasteiger partial charge in [0.1, 0.15) is 11.8 Å². The number of benzene rings is 1. The smallest absolute Gasteiger partial charge is 0.269 e. The molecule has 0 bridgehead atoms. The van der Waals surface area contributed by atoms with Gasteiger partial charge in [0.05, 0.1) is 5.69 Å². The van der Waals surface area contributed by atoms with Crippen LogP contribution in [0.1, 0.15) is 51.0 Å². The predicted molar refractivity (Wildman–Crippen MR) is 101 cm³/mol. The summed E-state index contributed by atoms with van der Waals surface area (Å²) in [5.41, 5.74) is 0.873. The van der Waals surface area contributed by atoms with Crippen molar-refractivity contribution in [1.29, 1.82) is 0 Å². The van der Waals surface area contributed by atoms with Gasteiger partial charge >= 0.3 is 0 Å². The summed E-state index contributed by atoms with van der Waals surface area (Å²) in [5.74, 6) is -4.02. The van der Waals surface area contributed by atoms with Crippen LogP contribution in [-0.4, -0.2) is 40.9 Å². The first kappa shape index (κ1) is 19.4. The Morgan fingerprint density at radius 1 is 1.14 bits per heavy atom. The third-order valence-electron chi connectivity index (χ3n) is 5.66. The first-order valence-electron chi connectivity index (χ1n) is 9.45. The van der Waals surface area contributed by atoms with E-state index in [-0.39, 0.29) is 47.7 Å². The monoisotopic (exact) mass is 401 g/mol. The van der Waals surface area contributed by atoms with Gasteiger partial charge in [0, 0.05) is 31.5 Å². The van der Waals surface area contributed by atoms with Crippen molar-refractivity contribution >= 4 is 11.8 Å². The van der Waals surface area contributed by atoms with Gasteiger partial charge in [-0.25, -0.2) is 13.8 Å². The molecule has 2 aromatic rings. The van der Waals surface area contributed by atoms with Crippen molar-refractivity contribution in [2.24, 2.45) is 11.8 Å². The lowest BCUT2D eigenvalue weighted by atomic mass is 10.0. The van der Waals surface area contributed by atoms with Gasteiger partial charge in [-0.3, -0.25) is 9.59 Å². The normalized spacial score (nSPS) is 25.0. The number of fused-ring (bicyclic) bond motifs is 1. The van der Waals surface area contributed by atoms with E-state index in [0.717, 1.165) is 0 Å². The number of carbonyl (C=O) groups is 2. The summed E-state index contributed by atoms with van der Waals surface area (Å²) in [6.07, 6.45) is -1.53. The Kier molecular flexibility index (Phi) is 4.82. The fourth-order valence-corrected chi connectivity index (χ4v) is 4.10. The van der Waals surface area contributed by atoms with E-state index >= 15 is 0 Å². The molecule has 1 aromatic heterocycles. The second kappa shape index (κ2) is 7.18. The van der Waals surface area contributed by atoms with Crippen LogP contribution in [0.25, 0.3) is 0 Å². The van der Waals surface area contributed by atoms with Crippen LogP contribution >= 0.6 is 0 Å². The lowest BCUT2D eigenvalue weighted by molar-refractivity contribution is -0.00623. The molecule has 4 rings (SSSR count). The van der Waals surface area contributed by atoms with E-state index < -0.39 is 23.8 Å². The van der Waals surface area contributed by atoms with Crippen LogP contribution in [-0.2, 0) is 0 Å². The maximum absolute atomic E-state index is 13.3. The van der Waals surface area contributed by atoms with Gasteiger partial charge in [-0.05, 0) is 29.5 Å². The highest BCUT2D eigenvalue weighted by Gasteiger charge is 2.63. The number of hydrogen-bond acceptors (Lipinski definition) is 4. The van der Waals surface area contributed by atoms with Crippen LogP contribution in [0.15, 0.2) is 42.5 Å². The number of rotatable bonds is 5. The van der Waals surface area contributed by atoms with Gasteiger partial charge in [-0.15, -0.1) is 0 Å². The van der Waals surface area contributed by atoms with Gasteiger partial charge in [-0.2, -0.15) is 0 Å². The van der Waals surface area contributed by atoms with E-state index in [0.29, 0.717) is 5.56 Å². The molecule has 6 nitrogen and oxygen atoms in total. The molecule has 0 radical (unpaired) electrons. The van der Waals surface area contributed by atoms with Crippen molar-refractivity contribution < 1.29 is 23.5 Å². The Morgan fingerprint density at radius 3 is 2.41 bits per heavy atom. The third kappa shape index (κ3) is 3.85. The number of halogens is 2. The summed E-state index contributed by atoms with van der Waals surface area (Å²) in [6.45, 7) is 0. The third-order valence-corrected chi connectivity index (χ3v) is 5.66. The molecule has 2 saturated carbocycles. The van der Waals surface area contributed by atoms with Crippen molar-refractivity contribution in [1.82, 2.24) is 15.6 Å². The highest BCUT2D eigenvalue weighted by Crippen LogP contribution is 2.58. The minimum atomic E-state index is -2.65. The number of aromatic nitrogens is 1. The van der Waals surface area contributed by atoms with E-state index in [2.05, 4.69) is 15.6 Å². The molecule has 0 aliphatic heterocycles. The average molecular weight is 401 g/mol. The molecule has 2 fully saturated rings. The first-order valence-corrected chi connectivity index (χ1v) is 9.45. The minimum absolute atomic E-state index is 0.00680. The molecule has 0 saturated heterocycles. The number of nitrogens with zero attached hydrogens (tertiary/aromatic N) is 1. The fraction of sp³-hybridized carbons (Fsp3) is 0.381. The number of aliphatic hydroxyl groups is 1. The van der Waals surface area contributed by atoms with Gasteiger partial charge < -0.3 is 15.7 Å². The highest BCUT2D eigenvalue weighted by atomic mass is 19.3. The fourth-order valence-electron chi connectivity index (χ4n) is 4.10. The van der Waals surface area contributed by atoms with Crippen molar-refractivity contribution in [2.75, 3.05) is 7.05 Å². The van der Waals surface area contributed by atoms with Gasteiger partial charge in [0.15, 0.2) is 0 Å². The van der Waals surface area contributed by atoms with E-state index in [1.165, 1.54) is 19.2 Å². The molecular weight excluding hydrogens is 380 g/mol. The van der Waals surface area contributed by atoms with Gasteiger partial charge in [-0.1, -0.05) is 30.3 Å². The van der Waals surface area contributed by atoms with Crippen LogP contribution < -0.4 is 10.6 Å². The topological polar surface area (TPSA) is 91.3 Å². The summed E-state index contributed by atoms with van der Waals surface area (Å²) < 4.78 is 26.7. The molecule has 2 aliphatic carbocycles. The number of hydrogen-bond donors (Lipinski definition) is 3. The predicted octanol–water partition coefficient (Wildman–Crippen LogP) is 2.30. The Bertz CT molecular complexity index is 937. The van der Waals surface area contributed by atoms with Crippen LogP contribution in [0, 0.1) is 11.8 Å². The molecule has 8 heteroatoms. The summed E-state index contributed by atoms with van der Waals surface area (Å²) in [4.78, 5) is 29.0. The van der Waals surface area contributed by atoms with Crippen molar-refractivity contribution in [3.8, 4) is 0 Å². The van der Waals surface area contributed by atoms with E-state index in [9.17, 15) is 23.5 Å². The summed E-state index contributed by atoms with van der Waals surface area (Å²) >= 11 is 0. The summed E-state index contributed by atoms with van der Waals surface area (Å²) in [7, 11) is 1.44. The number of nitrogens with one attached hydrogen (secondary N) is 2. The van der Waals surface area contributed by atoms with E-state index in [1.54, 1.807) is 30.3 Å². The number of carbonyl (C=O) groups excluding carboxylic acids is 2. The molecule has 1 heterocycles. The maximum atomic E-state index is 13.3. The number of pyridine rings is 1. The highest BCUT2D eigenvalue weighted by molar-refractivity contribution is 5.99. The summed E-state index contributed by atoms with van der Waals surface area (Å²) in [6, 6.07) is 11.2. The van der Waals surface area contributed by atoms with Crippen LogP contribution in [0.4, 0.5) is 8.78 Å². The Morgan fingerprint density at radius 2 is 1.79 bits per heavy atom. The molecular formula is C21H21F2N3O3. The molecule has 4 atom stereocenters. The molecule has 29 heavy (non-hydrogen) atoms. The second-order valence-electron chi connectivity index (χ2n) is 7.65. The number of aliphatic hydroxyl groups excluding tert-OH is 1. The minimum Gasteiger partial charge on any atom is -0.382 e. The number of alkyl halides is 2. The molecule has 152 valence electrons. The zero-order valence-corrected chi connectivity index (χ0v) is 15.7. The second-order valence-corrected chi connectivity index (χ2v) is 7.65. The molecule has 2 unspecified atom stereocenters. The molecule has 0 spiro atoms. The van der Waals surface area contributed by atoms with Crippen molar-refractivity contribution in [3.05, 3.63) is 65.0 Å². The maximum Gasteiger partial charge on any atom is 0.269 e. The number of amides is 2. The SMILES string of the molecule is CNC(=O)c1cc(C(=O)NC2[C@H]3CC(F)(F)C[C@@H]23)cc(C(O)c2ccccc2)n1. The lowest BCUT2D eigenvalue weighted by Crippen LogP contribution is -2.32. The Labute approximate surface area is 166 Å². The van der Waals surface area contributed by atoms with Crippen LogP contribution in [0.5, 0.6) is 0 Å². The Balaban J connectivity index is 1.58. The summed E-state index contributed by atoms with van der Waals surface area (Å²) in [5, 5.41) is 15.9. The molecule has 3 N–H and O–H groups in total. The average Bonchev–Trinajstić information content (AvgIpc) is 3.19. The van der Waals surface area contributed by atoms with Gasteiger partial charge in [0.2, 0.25) is 5.92 Å². The van der Waals surface area contributed by atoms with Crippen LogP contribution in [0.2, 0.25) is 0 Å². The van der Waals surface area contributed by atoms with Crippen LogP contribution in [0.3, 0.4) is 0 Å². The van der Waals surface area contributed by atoms with Gasteiger partial charge in [0.25, 0.3) is 11.8 Å². The quantitative estimate of drug-likeness (QED) is 0.717. The molecule has 1 aromatic carbocycles. The molecule has 2 aliphatic rings.